The van der Waals surface area contributed by atoms with Crippen LogP contribution in [0.4, 0.5) is 5.82 Å². The fourth-order valence-corrected chi connectivity index (χ4v) is 3.22. The quantitative estimate of drug-likeness (QED) is 0.891. The van der Waals surface area contributed by atoms with Crippen molar-refractivity contribution in [3.63, 3.8) is 0 Å². The predicted molar refractivity (Wildman–Crippen MR) is 86.2 cm³/mol. The molecule has 3 nitrogen and oxygen atoms in total. The minimum atomic E-state index is 0.900. The Hall–Kier alpha value is -1.09. The van der Waals surface area contributed by atoms with Gasteiger partial charge in [0, 0.05) is 25.3 Å². The summed E-state index contributed by atoms with van der Waals surface area (Å²) in [7, 11) is 1.98. The molecule has 1 aliphatic rings. The molecule has 1 saturated heterocycles. The average molecular weight is 275 g/mol. The number of anilines is 1. The lowest BCUT2D eigenvalue weighted by molar-refractivity contribution is 0.435. The van der Waals surface area contributed by atoms with Crippen molar-refractivity contribution in [1.29, 1.82) is 0 Å². The van der Waals surface area contributed by atoms with Gasteiger partial charge in [0.2, 0.25) is 0 Å². The van der Waals surface area contributed by atoms with Crippen molar-refractivity contribution < 1.29 is 0 Å². The molecule has 0 spiro atoms. The first-order valence-corrected chi connectivity index (χ1v) is 8.10. The molecular weight excluding hydrogens is 246 g/mol. The number of pyridine rings is 1. The summed E-state index contributed by atoms with van der Waals surface area (Å²) >= 11 is 0. The highest BCUT2D eigenvalue weighted by Crippen LogP contribution is 2.25. The SMILES string of the molecule is CCCC1CCCN(c2ccc(CNC)c(C)n2)CC1. The van der Waals surface area contributed by atoms with Gasteiger partial charge in [-0.05, 0) is 50.8 Å². The molecule has 1 unspecified atom stereocenters. The molecule has 1 aliphatic heterocycles. The van der Waals surface area contributed by atoms with Crippen molar-refractivity contribution in [1.82, 2.24) is 10.3 Å². The molecule has 2 rings (SSSR count). The van der Waals surface area contributed by atoms with Crippen LogP contribution in [-0.4, -0.2) is 25.1 Å². The second-order valence-corrected chi connectivity index (χ2v) is 6.02. The summed E-state index contributed by atoms with van der Waals surface area (Å²) < 4.78 is 0. The second-order valence-electron chi connectivity index (χ2n) is 6.02. The maximum atomic E-state index is 4.81. The normalized spacial score (nSPS) is 19.9. The highest BCUT2D eigenvalue weighted by Gasteiger charge is 2.17. The monoisotopic (exact) mass is 275 g/mol. The molecule has 1 fully saturated rings. The van der Waals surface area contributed by atoms with Crippen LogP contribution in [0.1, 0.15) is 50.3 Å². The molecule has 1 atom stereocenters. The van der Waals surface area contributed by atoms with Gasteiger partial charge in [0.15, 0.2) is 0 Å². The zero-order valence-electron chi connectivity index (χ0n) is 13.3. The van der Waals surface area contributed by atoms with Crippen LogP contribution in [0.25, 0.3) is 0 Å². The smallest absolute Gasteiger partial charge is 0.128 e. The summed E-state index contributed by atoms with van der Waals surface area (Å²) in [6, 6.07) is 4.42. The Morgan fingerprint density at radius 1 is 1.30 bits per heavy atom. The summed E-state index contributed by atoms with van der Waals surface area (Å²) in [6.45, 7) is 7.65. The standard InChI is InChI=1S/C17H29N3/c1-4-6-15-7-5-11-20(12-10-15)17-9-8-16(13-18-3)14(2)19-17/h8-9,15,18H,4-7,10-13H2,1-3H3. The van der Waals surface area contributed by atoms with E-state index in [1.54, 1.807) is 0 Å². The molecule has 2 heterocycles. The van der Waals surface area contributed by atoms with Gasteiger partial charge >= 0.3 is 0 Å². The minimum absolute atomic E-state index is 0.900. The van der Waals surface area contributed by atoms with Crippen LogP contribution in [0.3, 0.4) is 0 Å². The topological polar surface area (TPSA) is 28.2 Å². The summed E-state index contributed by atoms with van der Waals surface area (Å²) in [6.07, 6.45) is 6.74. The Labute approximate surface area is 123 Å². The number of hydrogen-bond acceptors (Lipinski definition) is 3. The predicted octanol–water partition coefficient (Wildman–Crippen LogP) is 3.52. The average Bonchev–Trinajstić information content (AvgIpc) is 2.67. The van der Waals surface area contributed by atoms with Gasteiger partial charge in [-0.2, -0.15) is 0 Å². The van der Waals surface area contributed by atoms with Crippen molar-refractivity contribution in [3.8, 4) is 0 Å². The van der Waals surface area contributed by atoms with Gasteiger partial charge in [-0.3, -0.25) is 0 Å². The number of aromatic nitrogens is 1. The highest BCUT2D eigenvalue weighted by molar-refractivity contribution is 5.41. The third-order valence-electron chi connectivity index (χ3n) is 4.42. The highest BCUT2D eigenvalue weighted by atomic mass is 15.2. The Kier molecular flexibility index (Phi) is 5.84. The Morgan fingerprint density at radius 3 is 2.85 bits per heavy atom. The van der Waals surface area contributed by atoms with E-state index in [9.17, 15) is 0 Å². The van der Waals surface area contributed by atoms with Crippen molar-refractivity contribution in [2.45, 2.75) is 52.5 Å². The van der Waals surface area contributed by atoms with E-state index >= 15 is 0 Å². The van der Waals surface area contributed by atoms with E-state index in [4.69, 9.17) is 4.98 Å². The minimum Gasteiger partial charge on any atom is -0.357 e. The molecule has 1 aromatic rings. The maximum Gasteiger partial charge on any atom is 0.128 e. The third-order valence-corrected chi connectivity index (χ3v) is 4.42. The molecule has 0 radical (unpaired) electrons. The first-order valence-electron chi connectivity index (χ1n) is 8.10. The van der Waals surface area contributed by atoms with E-state index in [1.165, 1.54) is 50.0 Å². The Morgan fingerprint density at radius 2 is 2.15 bits per heavy atom. The number of aryl methyl sites for hydroxylation is 1. The lowest BCUT2D eigenvalue weighted by Crippen LogP contribution is -2.25. The fraction of sp³-hybridized carbons (Fsp3) is 0.706. The molecule has 1 N–H and O–H groups in total. The molecule has 0 amide bonds. The molecule has 1 aromatic heterocycles. The summed E-state index contributed by atoms with van der Waals surface area (Å²) in [4.78, 5) is 7.29. The van der Waals surface area contributed by atoms with E-state index in [2.05, 4.69) is 36.2 Å². The van der Waals surface area contributed by atoms with Crippen molar-refractivity contribution in [2.75, 3.05) is 25.0 Å². The molecule has 0 aliphatic carbocycles. The van der Waals surface area contributed by atoms with Gasteiger partial charge in [-0.25, -0.2) is 4.98 Å². The Balaban J connectivity index is 2.02. The summed E-state index contributed by atoms with van der Waals surface area (Å²) in [5, 5.41) is 3.20. The van der Waals surface area contributed by atoms with Crippen molar-refractivity contribution in [3.05, 3.63) is 23.4 Å². The van der Waals surface area contributed by atoms with Crippen LogP contribution in [-0.2, 0) is 6.54 Å². The van der Waals surface area contributed by atoms with Crippen molar-refractivity contribution in [2.24, 2.45) is 5.92 Å². The summed E-state index contributed by atoms with van der Waals surface area (Å²) in [5.74, 6) is 2.09. The molecular formula is C17H29N3. The van der Waals surface area contributed by atoms with E-state index in [0.717, 1.165) is 24.7 Å². The second kappa shape index (κ2) is 7.63. The largest absolute Gasteiger partial charge is 0.357 e. The maximum absolute atomic E-state index is 4.81. The molecule has 0 bridgehead atoms. The number of nitrogens with one attached hydrogen (secondary N) is 1. The van der Waals surface area contributed by atoms with Crippen LogP contribution < -0.4 is 10.2 Å². The van der Waals surface area contributed by atoms with Gasteiger partial charge in [-0.15, -0.1) is 0 Å². The zero-order valence-corrected chi connectivity index (χ0v) is 13.3. The van der Waals surface area contributed by atoms with Gasteiger partial charge in [-0.1, -0.05) is 25.8 Å². The van der Waals surface area contributed by atoms with Gasteiger partial charge in [0.25, 0.3) is 0 Å². The third kappa shape index (κ3) is 3.95. The van der Waals surface area contributed by atoms with Gasteiger partial charge in [0.1, 0.15) is 5.82 Å². The van der Waals surface area contributed by atoms with Crippen LogP contribution in [0.15, 0.2) is 12.1 Å². The fourth-order valence-electron chi connectivity index (χ4n) is 3.22. The molecule has 20 heavy (non-hydrogen) atoms. The Bertz CT molecular complexity index is 417. The first-order chi connectivity index (χ1) is 9.74. The van der Waals surface area contributed by atoms with E-state index in [-0.39, 0.29) is 0 Å². The number of hydrogen-bond donors (Lipinski definition) is 1. The lowest BCUT2D eigenvalue weighted by Gasteiger charge is -2.22. The van der Waals surface area contributed by atoms with Gasteiger partial charge < -0.3 is 10.2 Å². The van der Waals surface area contributed by atoms with Crippen LogP contribution in [0.5, 0.6) is 0 Å². The zero-order chi connectivity index (χ0) is 14.4. The molecule has 112 valence electrons. The van der Waals surface area contributed by atoms with Crippen LogP contribution >= 0.6 is 0 Å². The lowest BCUT2D eigenvalue weighted by atomic mass is 9.96. The van der Waals surface area contributed by atoms with Crippen molar-refractivity contribution >= 4 is 5.82 Å². The number of nitrogens with zero attached hydrogens (tertiary/aromatic N) is 2. The van der Waals surface area contributed by atoms with E-state index < -0.39 is 0 Å². The van der Waals surface area contributed by atoms with Crippen LogP contribution in [0, 0.1) is 12.8 Å². The molecule has 0 saturated carbocycles. The molecule has 3 heteroatoms. The molecule has 0 aromatic carbocycles. The summed E-state index contributed by atoms with van der Waals surface area (Å²) in [5.41, 5.74) is 2.46. The number of rotatable bonds is 5. The van der Waals surface area contributed by atoms with E-state index in [0.29, 0.717) is 0 Å². The van der Waals surface area contributed by atoms with Crippen LogP contribution in [0.2, 0.25) is 0 Å². The van der Waals surface area contributed by atoms with Gasteiger partial charge in [0.05, 0.1) is 0 Å². The van der Waals surface area contributed by atoms with E-state index in [1.807, 2.05) is 7.05 Å². The first kappa shape index (κ1) is 15.3.